The summed E-state index contributed by atoms with van der Waals surface area (Å²) in [5.74, 6) is 0.852. The molecule has 1 N–H and O–H groups in total. The van der Waals surface area contributed by atoms with Gasteiger partial charge in [-0.1, -0.05) is 24.3 Å². The van der Waals surface area contributed by atoms with E-state index in [9.17, 15) is 14.4 Å². The first-order chi connectivity index (χ1) is 15.0. The van der Waals surface area contributed by atoms with Crippen molar-refractivity contribution in [2.75, 3.05) is 33.1 Å². The number of methoxy groups -OCH3 is 2. The Bertz CT molecular complexity index is 995. The number of carbonyl (C=O) groups is 3. The number of ether oxygens (including phenoxy) is 2. The molecule has 0 saturated carbocycles. The van der Waals surface area contributed by atoms with Crippen molar-refractivity contribution < 1.29 is 23.9 Å². The molecule has 1 aliphatic rings. The Morgan fingerprint density at radius 2 is 1.84 bits per heavy atom. The quantitative estimate of drug-likeness (QED) is 0.454. The van der Waals surface area contributed by atoms with E-state index in [1.54, 1.807) is 31.4 Å². The van der Waals surface area contributed by atoms with Crippen LogP contribution in [-0.4, -0.2) is 55.0 Å². The number of hydrogen-bond acceptors (Lipinski definition) is 7. The maximum absolute atomic E-state index is 12.6. The fourth-order valence-electron chi connectivity index (χ4n) is 2.81. The summed E-state index contributed by atoms with van der Waals surface area (Å²) in [5.41, 5.74) is 0.717. The van der Waals surface area contributed by atoms with Gasteiger partial charge in [0.15, 0.2) is 11.5 Å². The number of imide groups is 1. The highest BCUT2D eigenvalue weighted by molar-refractivity contribution is 8.18. The number of nitrogens with zero attached hydrogens (tertiary/aromatic N) is 1. The number of benzene rings is 2. The molecule has 3 amide bonds. The molecule has 1 heterocycles. The van der Waals surface area contributed by atoms with Crippen molar-refractivity contribution in [2.45, 2.75) is 4.90 Å². The van der Waals surface area contributed by atoms with E-state index in [1.807, 2.05) is 30.3 Å². The van der Waals surface area contributed by atoms with Crippen molar-refractivity contribution in [3.05, 3.63) is 59.0 Å². The van der Waals surface area contributed by atoms with Gasteiger partial charge in [-0.3, -0.25) is 19.3 Å². The highest BCUT2D eigenvalue weighted by Crippen LogP contribution is 2.34. The first kappa shape index (κ1) is 22.8. The summed E-state index contributed by atoms with van der Waals surface area (Å²) in [5, 5.41) is 2.39. The molecular weight excluding hydrogens is 436 g/mol. The van der Waals surface area contributed by atoms with Gasteiger partial charge in [0.25, 0.3) is 11.1 Å². The van der Waals surface area contributed by atoms with E-state index in [0.29, 0.717) is 16.4 Å². The van der Waals surface area contributed by atoms with Gasteiger partial charge in [0.1, 0.15) is 0 Å². The van der Waals surface area contributed by atoms with Gasteiger partial charge in [-0.2, -0.15) is 0 Å². The standard InChI is InChI=1S/C22H22N2O5S2/c1-28-17-9-8-15(12-18(17)29-2)13-19-21(26)24(22(27)31-19)11-10-23-20(25)14-30-16-6-4-3-5-7-16/h3-9,12-13H,10-11,14H2,1-2H3,(H,23,25). The Kier molecular flexibility index (Phi) is 8.02. The molecule has 9 heteroatoms. The normalized spacial score (nSPS) is 14.8. The minimum atomic E-state index is -0.377. The Morgan fingerprint density at radius 3 is 2.55 bits per heavy atom. The van der Waals surface area contributed by atoms with Crippen LogP contribution >= 0.6 is 23.5 Å². The zero-order valence-electron chi connectivity index (χ0n) is 17.1. The molecule has 0 unspecified atom stereocenters. The highest BCUT2D eigenvalue weighted by Gasteiger charge is 2.34. The van der Waals surface area contributed by atoms with E-state index < -0.39 is 0 Å². The Hall–Kier alpha value is -2.91. The second-order valence-electron chi connectivity index (χ2n) is 6.40. The summed E-state index contributed by atoms with van der Waals surface area (Å²) < 4.78 is 10.5. The third-order valence-corrected chi connectivity index (χ3v) is 6.27. The lowest BCUT2D eigenvalue weighted by atomic mass is 10.2. The largest absolute Gasteiger partial charge is 0.493 e. The molecule has 162 valence electrons. The summed E-state index contributed by atoms with van der Waals surface area (Å²) in [7, 11) is 3.07. The minimum Gasteiger partial charge on any atom is -0.493 e. The lowest BCUT2D eigenvalue weighted by Crippen LogP contribution is -2.37. The van der Waals surface area contributed by atoms with Crippen LogP contribution in [0.5, 0.6) is 11.5 Å². The average molecular weight is 459 g/mol. The number of rotatable bonds is 9. The van der Waals surface area contributed by atoms with E-state index in [1.165, 1.54) is 18.9 Å². The van der Waals surface area contributed by atoms with Crippen molar-refractivity contribution in [1.82, 2.24) is 10.2 Å². The molecule has 31 heavy (non-hydrogen) atoms. The predicted octanol–water partition coefficient (Wildman–Crippen LogP) is 3.65. The van der Waals surface area contributed by atoms with Crippen LogP contribution in [0.15, 0.2) is 58.3 Å². The average Bonchev–Trinajstić information content (AvgIpc) is 3.05. The van der Waals surface area contributed by atoms with Gasteiger partial charge in [-0.25, -0.2) is 0 Å². The van der Waals surface area contributed by atoms with Crippen LogP contribution in [-0.2, 0) is 9.59 Å². The van der Waals surface area contributed by atoms with Crippen molar-refractivity contribution >= 4 is 46.7 Å². The lowest BCUT2D eigenvalue weighted by molar-refractivity contribution is -0.123. The van der Waals surface area contributed by atoms with Crippen LogP contribution in [0, 0.1) is 0 Å². The molecule has 1 fully saturated rings. The number of hydrogen-bond donors (Lipinski definition) is 1. The highest BCUT2D eigenvalue weighted by atomic mass is 32.2. The van der Waals surface area contributed by atoms with Gasteiger partial charge < -0.3 is 14.8 Å². The lowest BCUT2D eigenvalue weighted by Gasteiger charge is -2.13. The van der Waals surface area contributed by atoms with Gasteiger partial charge in [0, 0.05) is 18.0 Å². The van der Waals surface area contributed by atoms with Crippen LogP contribution in [0.25, 0.3) is 6.08 Å². The Morgan fingerprint density at radius 1 is 1.10 bits per heavy atom. The molecule has 1 aliphatic heterocycles. The predicted molar refractivity (Wildman–Crippen MR) is 122 cm³/mol. The van der Waals surface area contributed by atoms with Crippen LogP contribution in [0.2, 0.25) is 0 Å². The number of nitrogens with one attached hydrogen (secondary N) is 1. The van der Waals surface area contributed by atoms with Gasteiger partial charge in [-0.05, 0) is 47.7 Å². The summed E-state index contributed by atoms with van der Waals surface area (Å²) in [6.07, 6.45) is 1.64. The summed E-state index contributed by atoms with van der Waals surface area (Å²) in [4.78, 5) is 39.4. The third kappa shape index (κ3) is 6.05. The zero-order valence-corrected chi connectivity index (χ0v) is 18.8. The number of thioether (sulfide) groups is 2. The monoisotopic (exact) mass is 458 g/mol. The second kappa shape index (κ2) is 10.9. The summed E-state index contributed by atoms with van der Waals surface area (Å²) in [6, 6.07) is 14.9. The van der Waals surface area contributed by atoms with Crippen molar-refractivity contribution in [2.24, 2.45) is 0 Å². The van der Waals surface area contributed by atoms with E-state index in [2.05, 4.69) is 5.32 Å². The molecule has 7 nitrogen and oxygen atoms in total. The van der Waals surface area contributed by atoms with Crippen molar-refractivity contribution in [3.8, 4) is 11.5 Å². The van der Waals surface area contributed by atoms with Gasteiger partial charge in [0.05, 0.1) is 24.9 Å². The smallest absolute Gasteiger partial charge is 0.293 e. The van der Waals surface area contributed by atoms with E-state index >= 15 is 0 Å². The molecule has 0 atom stereocenters. The third-order valence-electron chi connectivity index (χ3n) is 4.35. The topological polar surface area (TPSA) is 84.9 Å². The Labute approximate surface area is 189 Å². The number of amides is 3. The molecule has 0 radical (unpaired) electrons. The maximum Gasteiger partial charge on any atom is 0.293 e. The molecule has 0 spiro atoms. The van der Waals surface area contributed by atoms with Gasteiger partial charge in [-0.15, -0.1) is 11.8 Å². The fraction of sp³-hybridized carbons (Fsp3) is 0.227. The molecule has 0 aromatic heterocycles. The number of carbonyl (C=O) groups excluding carboxylic acids is 3. The van der Waals surface area contributed by atoms with Crippen molar-refractivity contribution in [1.29, 1.82) is 0 Å². The van der Waals surface area contributed by atoms with E-state index in [-0.39, 0.29) is 35.9 Å². The van der Waals surface area contributed by atoms with Gasteiger partial charge >= 0.3 is 0 Å². The summed E-state index contributed by atoms with van der Waals surface area (Å²) >= 11 is 2.30. The first-order valence-corrected chi connectivity index (χ1v) is 11.2. The minimum absolute atomic E-state index is 0.121. The van der Waals surface area contributed by atoms with E-state index in [0.717, 1.165) is 27.1 Å². The summed E-state index contributed by atoms with van der Waals surface area (Å²) in [6.45, 7) is 0.325. The SMILES string of the molecule is COc1ccc(C=C2SC(=O)N(CCNC(=O)CSc3ccccc3)C2=O)cc1OC. The van der Waals surface area contributed by atoms with Gasteiger partial charge in [0.2, 0.25) is 5.91 Å². The molecule has 0 aliphatic carbocycles. The molecule has 2 aromatic carbocycles. The zero-order chi connectivity index (χ0) is 22.2. The molecule has 2 aromatic rings. The maximum atomic E-state index is 12.6. The Balaban J connectivity index is 1.53. The van der Waals surface area contributed by atoms with E-state index in [4.69, 9.17) is 9.47 Å². The van der Waals surface area contributed by atoms with Crippen LogP contribution in [0.1, 0.15) is 5.56 Å². The molecule has 1 saturated heterocycles. The van der Waals surface area contributed by atoms with Crippen molar-refractivity contribution in [3.63, 3.8) is 0 Å². The molecule has 3 rings (SSSR count). The molecular formula is C22H22N2O5S2. The van der Waals surface area contributed by atoms with Crippen LogP contribution in [0.4, 0.5) is 4.79 Å². The van der Waals surface area contributed by atoms with Crippen LogP contribution in [0.3, 0.4) is 0 Å². The first-order valence-electron chi connectivity index (χ1n) is 9.43. The van der Waals surface area contributed by atoms with Crippen LogP contribution < -0.4 is 14.8 Å². The fourth-order valence-corrected chi connectivity index (χ4v) is 4.42. The molecule has 0 bridgehead atoms. The second-order valence-corrected chi connectivity index (χ2v) is 8.44.